The lowest BCUT2D eigenvalue weighted by molar-refractivity contribution is -0.141. The molecular formula is C17H15F3N4O4S2. The maximum atomic E-state index is 13.2. The molecule has 0 spiro atoms. The summed E-state index contributed by atoms with van der Waals surface area (Å²) in [6.07, 6.45) is -4.83. The Morgan fingerprint density at radius 2 is 1.43 bits per heavy atom. The third-order valence-corrected chi connectivity index (χ3v) is 6.73. The number of rotatable bonds is 6. The van der Waals surface area contributed by atoms with Crippen molar-refractivity contribution in [2.75, 3.05) is 11.9 Å². The molecule has 0 aliphatic rings. The largest absolute Gasteiger partial charge is 0.435 e. The summed E-state index contributed by atoms with van der Waals surface area (Å²) in [7, 11) is -6.77. The van der Waals surface area contributed by atoms with E-state index in [1.165, 1.54) is 55.6 Å². The smallest absolute Gasteiger partial charge is 0.214 e. The molecule has 0 saturated carbocycles. The van der Waals surface area contributed by atoms with Crippen molar-refractivity contribution in [1.29, 1.82) is 0 Å². The highest BCUT2D eigenvalue weighted by Gasteiger charge is 2.35. The lowest BCUT2D eigenvalue weighted by atomic mass is 10.1. The minimum atomic E-state index is -4.83. The molecule has 0 aliphatic heterocycles. The topological polar surface area (TPSA) is 110 Å². The third kappa shape index (κ3) is 4.47. The normalized spacial score (nSPS) is 12.7. The van der Waals surface area contributed by atoms with Crippen LogP contribution in [-0.2, 0) is 26.2 Å². The summed E-state index contributed by atoms with van der Waals surface area (Å²) < 4.78 is 90.4. The van der Waals surface area contributed by atoms with Crippen LogP contribution in [0.1, 0.15) is 5.69 Å². The lowest BCUT2D eigenvalue weighted by Crippen LogP contribution is -2.25. The van der Waals surface area contributed by atoms with Gasteiger partial charge in [-0.25, -0.2) is 13.1 Å². The van der Waals surface area contributed by atoms with E-state index in [-0.39, 0.29) is 21.0 Å². The highest BCUT2D eigenvalue weighted by Crippen LogP contribution is 2.32. The summed E-state index contributed by atoms with van der Waals surface area (Å²) in [5.74, 6) is 0. The van der Waals surface area contributed by atoms with Crippen LogP contribution < -0.4 is 9.55 Å². The highest BCUT2D eigenvalue weighted by molar-refractivity contribution is 7.92. The van der Waals surface area contributed by atoms with Crippen molar-refractivity contribution in [2.45, 2.75) is 16.0 Å². The fraction of sp³-hybridized carbons (Fsp3) is 0.118. The second-order valence-electron chi connectivity index (χ2n) is 5.96. The zero-order valence-electron chi connectivity index (χ0n) is 15.3. The number of nitrogens with zero attached hydrogens (tertiary/aromatic N) is 2. The van der Waals surface area contributed by atoms with Crippen LogP contribution in [0.4, 0.5) is 13.2 Å². The summed E-state index contributed by atoms with van der Waals surface area (Å²) in [5, 5.41) is 3.33. The Morgan fingerprint density at radius 1 is 0.867 bits per heavy atom. The van der Waals surface area contributed by atoms with Crippen LogP contribution in [0.5, 0.6) is 0 Å². The van der Waals surface area contributed by atoms with E-state index in [9.17, 15) is 30.0 Å². The molecule has 0 fully saturated rings. The van der Waals surface area contributed by atoms with Crippen molar-refractivity contribution < 1.29 is 30.0 Å². The molecule has 2 aromatic carbocycles. The molecule has 8 nitrogen and oxygen atoms in total. The minimum absolute atomic E-state index is 0.110. The van der Waals surface area contributed by atoms with E-state index in [4.69, 9.17) is 0 Å². The van der Waals surface area contributed by atoms with E-state index in [0.717, 1.165) is 0 Å². The molecular weight excluding hydrogens is 445 g/mol. The average Bonchev–Trinajstić information content (AvgIpc) is 3.12. The Balaban J connectivity index is 2.08. The van der Waals surface area contributed by atoms with E-state index in [0.29, 0.717) is 10.9 Å². The first kappa shape index (κ1) is 21.8. The summed E-state index contributed by atoms with van der Waals surface area (Å²) in [6, 6.07) is 12.6. The molecule has 0 radical (unpaired) electrons. The van der Waals surface area contributed by atoms with E-state index < -0.39 is 31.9 Å². The first-order chi connectivity index (χ1) is 13.9. The maximum Gasteiger partial charge on any atom is 0.435 e. The monoisotopic (exact) mass is 460 g/mol. The number of hydrogen-bond acceptors (Lipinski definition) is 5. The SMILES string of the molecule is CNS(=O)(=O)c1ccc(-c2cc(C(F)(F)F)nn2NS(=O)(=O)c2ccccc2)cc1. The zero-order chi connectivity index (χ0) is 22.2. The van der Waals surface area contributed by atoms with Gasteiger partial charge in [-0.05, 0) is 37.4 Å². The molecule has 0 amide bonds. The minimum Gasteiger partial charge on any atom is -0.214 e. The molecule has 13 heteroatoms. The zero-order valence-corrected chi connectivity index (χ0v) is 16.9. The van der Waals surface area contributed by atoms with Crippen LogP contribution >= 0.6 is 0 Å². The molecule has 1 aromatic heterocycles. The number of benzene rings is 2. The second kappa shape index (κ2) is 7.74. The molecule has 0 atom stereocenters. The Morgan fingerprint density at radius 3 is 1.97 bits per heavy atom. The Kier molecular flexibility index (Phi) is 5.62. The molecule has 2 N–H and O–H groups in total. The van der Waals surface area contributed by atoms with Gasteiger partial charge in [0.1, 0.15) is 0 Å². The number of halogens is 3. The summed E-state index contributed by atoms with van der Waals surface area (Å²) in [6.45, 7) is 0. The molecule has 0 saturated heterocycles. The summed E-state index contributed by atoms with van der Waals surface area (Å²) in [4.78, 5) is 2.21. The van der Waals surface area contributed by atoms with Gasteiger partial charge in [0, 0.05) is 5.56 Å². The van der Waals surface area contributed by atoms with Crippen molar-refractivity contribution in [1.82, 2.24) is 14.6 Å². The van der Waals surface area contributed by atoms with Gasteiger partial charge in [0.25, 0.3) is 10.0 Å². The van der Waals surface area contributed by atoms with Crippen LogP contribution in [0.2, 0.25) is 0 Å². The standard InChI is InChI=1S/C17H15F3N4O4S2/c1-21-29(25,26)14-9-7-12(8-10-14)15-11-16(17(18,19)20)22-24(15)23-30(27,28)13-5-3-2-4-6-13/h2-11,21,23H,1H3. The molecule has 1 heterocycles. The van der Waals surface area contributed by atoms with E-state index in [2.05, 4.69) is 9.82 Å². The quantitative estimate of drug-likeness (QED) is 0.587. The maximum absolute atomic E-state index is 13.2. The molecule has 0 aliphatic carbocycles. The van der Waals surface area contributed by atoms with Crippen molar-refractivity contribution >= 4 is 20.0 Å². The van der Waals surface area contributed by atoms with Crippen LogP contribution in [0.25, 0.3) is 11.3 Å². The van der Waals surface area contributed by atoms with Gasteiger partial charge in [0.15, 0.2) is 5.69 Å². The summed E-state index contributed by atoms with van der Waals surface area (Å²) in [5.41, 5.74) is -1.43. The number of alkyl halides is 3. The third-order valence-electron chi connectivity index (χ3n) is 3.99. The number of hydrogen-bond donors (Lipinski definition) is 2. The van der Waals surface area contributed by atoms with Gasteiger partial charge >= 0.3 is 6.18 Å². The number of sulfonamides is 2. The van der Waals surface area contributed by atoms with Gasteiger partial charge in [0.05, 0.1) is 15.5 Å². The van der Waals surface area contributed by atoms with Gasteiger partial charge in [-0.15, -0.1) is 5.10 Å². The first-order valence-corrected chi connectivity index (χ1v) is 11.2. The van der Waals surface area contributed by atoms with Crippen LogP contribution in [0.3, 0.4) is 0 Å². The van der Waals surface area contributed by atoms with Crippen molar-refractivity contribution in [3.8, 4) is 11.3 Å². The molecule has 3 aromatic rings. The Hall–Kier alpha value is -2.90. The Labute approximate surface area is 170 Å². The van der Waals surface area contributed by atoms with Crippen molar-refractivity contribution in [3.63, 3.8) is 0 Å². The fourth-order valence-electron chi connectivity index (χ4n) is 2.48. The van der Waals surface area contributed by atoms with Crippen molar-refractivity contribution in [3.05, 3.63) is 66.4 Å². The molecule has 160 valence electrons. The van der Waals surface area contributed by atoms with Crippen LogP contribution in [0.15, 0.2) is 70.5 Å². The number of aromatic nitrogens is 2. The van der Waals surface area contributed by atoms with Gasteiger partial charge in [-0.1, -0.05) is 30.3 Å². The van der Waals surface area contributed by atoms with E-state index in [1.807, 2.05) is 4.83 Å². The predicted molar refractivity (Wildman–Crippen MR) is 102 cm³/mol. The van der Waals surface area contributed by atoms with Gasteiger partial charge in [-0.3, -0.25) is 0 Å². The van der Waals surface area contributed by atoms with E-state index in [1.54, 1.807) is 6.07 Å². The number of nitrogens with one attached hydrogen (secondary N) is 2. The fourth-order valence-corrected chi connectivity index (χ4v) is 4.20. The molecule has 0 unspecified atom stereocenters. The van der Waals surface area contributed by atoms with Crippen LogP contribution in [0, 0.1) is 0 Å². The van der Waals surface area contributed by atoms with Gasteiger partial charge in [0.2, 0.25) is 10.0 Å². The average molecular weight is 460 g/mol. The molecule has 0 bridgehead atoms. The molecule has 30 heavy (non-hydrogen) atoms. The highest BCUT2D eigenvalue weighted by atomic mass is 32.2. The predicted octanol–water partition coefficient (Wildman–Crippen LogP) is 2.41. The second-order valence-corrected chi connectivity index (χ2v) is 9.51. The Bertz CT molecular complexity index is 1250. The van der Waals surface area contributed by atoms with Crippen molar-refractivity contribution in [2.24, 2.45) is 0 Å². The van der Waals surface area contributed by atoms with Crippen LogP contribution in [-0.4, -0.2) is 33.8 Å². The first-order valence-electron chi connectivity index (χ1n) is 8.23. The van der Waals surface area contributed by atoms with Gasteiger partial charge < -0.3 is 0 Å². The summed E-state index contributed by atoms with van der Waals surface area (Å²) >= 11 is 0. The lowest BCUT2D eigenvalue weighted by Gasteiger charge is -2.11. The van der Waals surface area contributed by atoms with Gasteiger partial charge in [-0.2, -0.15) is 31.2 Å². The van der Waals surface area contributed by atoms with E-state index >= 15 is 0 Å². The molecule has 3 rings (SSSR count).